The van der Waals surface area contributed by atoms with Crippen molar-refractivity contribution in [2.45, 2.75) is 6.92 Å². The third kappa shape index (κ3) is 3.70. The fourth-order valence-corrected chi connectivity index (χ4v) is 2.51. The van der Waals surface area contributed by atoms with Gasteiger partial charge >= 0.3 is 0 Å². The lowest BCUT2D eigenvalue weighted by atomic mass is 10.1. The Morgan fingerprint density at radius 3 is 2.67 bits per heavy atom. The topological polar surface area (TPSA) is 72.2 Å². The van der Waals surface area contributed by atoms with E-state index in [4.69, 9.17) is 11.6 Å². The zero-order chi connectivity index (χ0) is 15.6. The van der Waals surface area contributed by atoms with Crippen LogP contribution in [0.5, 0.6) is 0 Å². The van der Waals surface area contributed by atoms with E-state index in [0.29, 0.717) is 14.2 Å². The number of hydrogen-bond acceptors (Lipinski definition) is 3. The van der Waals surface area contributed by atoms with E-state index < -0.39 is 10.8 Å². The van der Waals surface area contributed by atoms with Crippen LogP contribution in [-0.4, -0.2) is 10.8 Å². The van der Waals surface area contributed by atoms with E-state index in [1.54, 1.807) is 25.1 Å². The number of carbonyl (C=O) groups excluding carboxylic acids is 1. The SMILES string of the molecule is Cc1ccc(NC(=O)c2cc(Cl)ccc2I)c([N+](=O)[O-])c1. The number of benzene rings is 2. The van der Waals surface area contributed by atoms with Crippen molar-refractivity contribution in [1.82, 2.24) is 0 Å². The highest BCUT2D eigenvalue weighted by molar-refractivity contribution is 14.1. The number of nitrogens with one attached hydrogen (secondary N) is 1. The van der Waals surface area contributed by atoms with Gasteiger partial charge in [0, 0.05) is 14.7 Å². The molecule has 0 aliphatic rings. The molecule has 0 aromatic heterocycles. The molecule has 0 heterocycles. The van der Waals surface area contributed by atoms with Crippen LogP contribution in [0.1, 0.15) is 15.9 Å². The van der Waals surface area contributed by atoms with Crippen molar-refractivity contribution in [3.05, 3.63) is 66.2 Å². The van der Waals surface area contributed by atoms with Crippen LogP contribution in [0.25, 0.3) is 0 Å². The summed E-state index contributed by atoms with van der Waals surface area (Å²) in [7, 11) is 0. The van der Waals surface area contributed by atoms with Crippen molar-refractivity contribution in [3.63, 3.8) is 0 Å². The lowest BCUT2D eigenvalue weighted by molar-refractivity contribution is -0.384. The van der Waals surface area contributed by atoms with Gasteiger partial charge in [-0.25, -0.2) is 0 Å². The molecule has 0 fully saturated rings. The van der Waals surface area contributed by atoms with Crippen LogP contribution in [0.15, 0.2) is 36.4 Å². The van der Waals surface area contributed by atoms with Crippen molar-refractivity contribution in [2.75, 3.05) is 5.32 Å². The molecule has 0 radical (unpaired) electrons. The van der Waals surface area contributed by atoms with E-state index in [-0.39, 0.29) is 11.4 Å². The summed E-state index contributed by atoms with van der Waals surface area (Å²) in [5.74, 6) is -0.436. The quantitative estimate of drug-likeness (QED) is 0.457. The van der Waals surface area contributed by atoms with Gasteiger partial charge in [0.25, 0.3) is 11.6 Å². The average molecular weight is 417 g/mol. The first-order chi connectivity index (χ1) is 9.88. The Kier molecular flexibility index (Phi) is 4.79. The highest BCUT2D eigenvalue weighted by Gasteiger charge is 2.18. The molecule has 2 aromatic carbocycles. The van der Waals surface area contributed by atoms with Crippen molar-refractivity contribution in [2.24, 2.45) is 0 Å². The number of nitrogens with zero attached hydrogens (tertiary/aromatic N) is 1. The van der Waals surface area contributed by atoms with Gasteiger partial charge < -0.3 is 5.32 Å². The number of carbonyl (C=O) groups is 1. The number of rotatable bonds is 3. The second kappa shape index (κ2) is 6.40. The van der Waals surface area contributed by atoms with Gasteiger partial charge in [-0.05, 0) is 59.3 Å². The van der Waals surface area contributed by atoms with Crippen LogP contribution in [0.2, 0.25) is 5.02 Å². The van der Waals surface area contributed by atoms with Crippen LogP contribution in [0.3, 0.4) is 0 Å². The number of anilines is 1. The molecule has 0 aliphatic carbocycles. The molecule has 0 bridgehead atoms. The Labute approximate surface area is 139 Å². The number of aryl methyl sites for hydroxylation is 1. The van der Waals surface area contributed by atoms with Crippen molar-refractivity contribution < 1.29 is 9.72 Å². The Hall–Kier alpha value is -1.67. The standard InChI is InChI=1S/C14H10ClIN2O3/c1-8-2-5-12(13(6-8)18(20)21)17-14(19)10-7-9(15)3-4-11(10)16/h2-7H,1H3,(H,17,19). The molecule has 0 aliphatic heterocycles. The van der Waals surface area contributed by atoms with Gasteiger partial charge in [0.15, 0.2) is 0 Å². The maximum Gasteiger partial charge on any atom is 0.293 e. The van der Waals surface area contributed by atoms with Crippen LogP contribution in [-0.2, 0) is 0 Å². The molecule has 0 atom stereocenters. The molecule has 2 aromatic rings. The largest absolute Gasteiger partial charge is 0.316 e. The van der Waals surface area contributed by atoms with E-state index >= 15 is 0 Å². The molecule has 0 saturated heterocycles. The minimum absolute atomic E-state index is 0.139. The average Bonchev–Trinajstić information content (AvgIpc) is 2.43. The summed E-state index contributed by atoms with van der Waals surface area (Å²) in [5.41, 5.74) is 1.14. The highest BCUT2D eigenvalue weighted by atomic mass is 127. The first kappa shape index (κ1) is 15.7. The lowest BCUT2D eigenvalue weighted by Gasteiger charge is -2.08. The summed E-state index contributed by atoms with van der Waals surface area (Å²) in [6.07, 6.45) is 0. The number of amides is 1. The fraction of sp³-hybridized carbons (Fsp3) is 0.0714. The second-order valence-corrected chi connectivity index (χ2v) is 5.95. The molecule has 0 spiro atoms. The zero-order valence-corrected chi connectivity index (χ0v) is 13.8. The number of hydrogen-bond donors (Lipinski definition) is 1. The van der Waals surface area contributed by atoms with Gasteiger partial charge in [-0.1, -0.05) is 17.7 Å². The predicted molar refractivity (Wildman–Crippen MR) is 90.0 cm³/mol. The van der Waals surface area contributed by atoms with Gasteiger partial charge in [0.05, 0.1) is 10.5 Å². The van der Waals surface area contributed by atoms with Gasteiger partial charge in [-0.2, -0.15) is 0 Å². The molecule has 1 amide bonds. The molecule has 2 rings (SSSR count). The van der Waals surface area contributed by atoms with Crippen LogP contribution in [0, 0.1) is 20.6 Å². The number of nitro benzene ring substituents is 1. The van der Waals surface area contributed by atoms with Gasteiger partial charge in [0.2, 0.25) is 0 Å². The second-order valence-electron chi connectivity index (χ2n) is 4.36. The van der Waals surface area contributed by atoms with Gasteiger partial charge in [0.1, 0.15) is 5.69 Å². The molecule has 1 N–H and O–H groups in total. The minimum atomic E-state index is -0.522. The van der Waals surface area contributed by atoms with Crippen LogP contribution in [0.4, 0.5) is 11.4 Å². The van der Waals surface area contributed by atoms with E-state index in [0.717, 1.165) is 5.56 Å². The lowest BCUT2D eigenvalue weighted by Crippen LogP contribution is -2.14. The maximum absolute atomic E-state index is 12.2. The molecular weight excluding hydrogens is 407 g/mol. The number of nitro groups is 1. The highest BCUT2D eigenvalue weighted by Crippen LogP contribution is 2.27. The summed E-state index contributed by atoms with van der Waals surface area (Å²) < 4.78 is 0.712. The van der Waals surface area contributed by atoms with Crippen molar-refractivity contribution in [1.29, 1.82) is 0 Å². The summed E-state index contributed by atoms with van der Waals surface area (Å²) in [6.45, 7) is 1.75. The maximum atomic E-state index is 12.2. The molecule has 0 saturated carbocycles. The van der Waals surface area contributed by atoms with E-state index in [1.165, 1.54) is 18.2 Å². The van der Waals surface area contributed by atoms with E-state index in [2.05, 4.69) is 5.32 Å². The van der Waals surface area contributed by atoms with Crippen molar-refractivity contribution in [3.8, 4) is 0 Å². The monoisotopic (exact) mass is 416 g/mol. The molecule has 21 heavy (non-hydrogen) atoms. The Morgan fingerprint density at radius 1 is 1.29 bits per heavy atom. The van der Waals surface area contributed by atoms with Crippen LogP contribution < -0.4 is 5.32 Å². The van der Waals surface area contributed by atoms with Crippen molar-refractivity contribution >= 4 is 51.5 Å². The third-order valence-electron chi connectivity index (χ3n) is 2.77. The first-order valence-corrected chi connectivity index (χ1v) is 7.35. The predicted octanol–water partition coefficient (Wildman–Crippen LogP) is 4.41. The summed E-state index contributed by atoms with van der Waals surface area (Å²) in [4.78, 5) is 22.8. The smallest absolute Gasteiger partial charge is 0.293 e. The fourth-order valence-electron chi connectivity index (χ4n) is 1.76. The summed E-state index contributed by atoms with van der Waals surface area (Å²) in [5, 5.41) is 14.0. The van der Waals surface area contributed by atoms with Gasteiger partial charge in [-0.15, -0.1) is 0 Å². The Morgan fingerprint density at radius 2 is 2.00 bits per heavy atom. The summed E-state index contributed by atoms with van der Waals surface area (Å²) >= 11 is 7.88. The van der Waals surface area contributed by atoms with E-state index in [9.17, 15) is 14.9 Å². The number of halogens is 2. The Balaban J connectivity index is 2.36. The molecule has 108 valence electrons. The first-order valence-electron chi connectivity index (χ1n) is 5.90. The Bertz CT molecular complexity index is 734. The van der Waals surface area contributed by atoms with Gasteiger partial charge in [-0.3, -0.25) is 14.9 Å². The minimum Gasteiger partial charge on any atom is -0.316 e. The summed E-state index contributed by atoms with van der Waals surface area (Å²) in [6, 6.07) is 9.54. The molecule has 5 nitrogen and oxygen atoms in total. The third-order valence-corrected chi connectivity index (χ3v) is 3.95. The zero-order valence-electron chi connectivity index (χ0n) is 10.9. The molecule has 7 heteroatoms. The van der Waals surface area contributed by atoms with E-state index in [1.807, 2.05) is 22.6 Å². The molecular formula is C14H10ClIN2O3. The molecule has 0 unspecified atom stereocenters. The normalized spacial score (nSPS) is 10.2. The van der Waals surface area contributed by atoms with Crippen LogP contribution >= 0.6 is 34.2 Å².